The molecule has 0 aliphatic heterocycles. The highest BCUT2D eigenvalue weighted by Crippen LogP contribution is 2.12. The van der Waals surface area contributed by atoms with E-state index in [1.165, 1.54) is 5.56 Å². The number of nitrogens with one attached hydrogen (secondary N) is 1. The second-order valence-electron chi connectivity index (χ2n) is 5.51. The summed E-state index contributed by atoms with van der Waals surface area (Å²) in [6, 6.07) is 7.96. The minimum atomic E-state index is 0.0286. The zero-order chi connectivity index (χ0) is 15.2. The lowest BCUT2D eigenvalue weighted by Crippen LogP contribution is -2.13. The Labute approximate surface area is 125 Å². The fraction of sp³-hybridized carbons (Fsp3) is 0.375. The van der Waals surface area contributed by atoms with Crippen LogP contribution in [0.25, 0.3) is 0 Å². The molecule has 1 aromatic heterocycles. The van der Waals surface area contributed by atoms with Crippen LogP contribution in [0, 0.1) is 0 Å². The summed E-state index contributed by atoms with van der Waals surface area (Å²) in [6.07, 6.45) is 4.90. The van der Waals surface area contributed by atoms with E-state index in [9.17, 15) is 4.79 Å². The van der Waals surface area contributed by atoms with Crippen LogP contribution in [0.1, 0.15) is 17.5 Å². The Balaban J connectivity index is 1.87. The van der Waals surface area contributed by atoms with E-state index in [4.69, 9.17) is 0 Å². The van der Waals surface area contributed by atoms with Crippen LogP contribution in [0.3, 0.4) is 0 Å². The van der Waals surface area contributed by atoms with Crippen molar-refractivity contribution in [1.82, 2.24) is 14.7 Å². The molecule has 0 unspecified atom stereocenters. The number of hydrogen-bond acceptors (Lipinski definition) is 3. The molecule has 1 amide bonds. The van der Waals surface area contributed by atoms with Gasteiger partial charge in [-0.1, -0.05) is 12.1 Å². The summed E-state index contributed by atoms with van der Waals surface area (Å²) >= 11 is 0. The Hall–Kier alpha value is -2.14. The molecule has 0 fully saturated rings. The van der Waals surface area contributed by atoms with Crippen molar-refractivity contribution >= 4 is 11.6 Å². The van der Waals surface area contributed by atoms with Gasteiger partial charge in [0.25, 0.3) is 0 Å². The number of amides is 1. The number of hydrogen-bond donors (Lipinski definition) is 1. The number of aryl methyl sites for hydroxylation is 2. The van der Waals surface area contributed by atoms with Gasteiger partial charge in [-0.05, 0) is 43.8 Å². The lowest BCUT2D eigenvalue weighted by Gasteiger charge is -2.11. The third kappa shape index (κ3) is 5.04. The van der Waals surface area contributed by atoms with Crippen molar-refractivity contribution in [2.24, 2.45) is 7.05 Å². The molecule has 5 heteroatoms. The van der Waals surface area contributed by atoms with E-state index in [1.807, 2.05) is 45.5 Å². The van der Waals surface area contributed by atoms with Crippen molar-refractivity contribution in [2.45, 2.75) is 19.4 Å². The first-order valence-electron chi connectivity index (χ1n) is 7.04. The van der Waals surface area contributed by atoms with Gasteiger partial charge in [0.15, 0.2) is 0 Å². The molecule has 0 spiro atoms. The zero-order valence-corrected chi connectivity index (χ0v) is 12.8. The Morgan fingerprint density at radius 2 is 2.14 bits per heavy atom. The first kappa shape index (κ1) is 15.3. The van der Waals surface area contributed by atoms with Crippen LogP contribution in [0.5, 0.6) is 0 Å². The fourth-order valence-corrected chi connectivity index (χ4v) is 2.19. The molecule has 0 aliphatic rings. The number of anilines is 1. The van der Waals surface area contributed by atoms with Gasteiger partial charge in [-0.25, -0.2) is 0 Å². The highest BCUT2D eigenvalue weighted by molar-refractivity contribution is 5.90. The Bertz CT molecular complexity index is 604. The van der Waals surface area contributed by atoms with E-state index in [0.717, 1.165) is 17.8 Å². The number of benzene rings is 1. The molecular formula is C16H22N4O. The second kappa shape index (κ2) is 7.04. The SMILES string of the molecule is CN(C)Cc1cccc(NC(=O)CCc2cnn(C)c2)c1. The Morgan fingerprint density at radius 3 is 2.81 bits per heavy atom. The summed E-state index contributed by atoms with van der Waals surface area (Å²) < 4.78 is 1.75. The van der Waals surface area contributed by atoms with Crippen molar-refractivity contribution in [1.29, 1.82) is 0 Å². The molecule has 1 N–H and O–H groups in total. The van der Waals surface area contributed by atoms with E-state index in [1.54, 1.807) is 10.9 Å². The molecule has 112 valence electrons. The average molecular weight is 286 g/mol. The molecule has 1 heterocycles. The quantitative estimate of drug-likeness (QED) is 0.884. The molecule has 0 atom stereocenters. The molecule has 1 aromatic carbocycles. The molecule has 5 nitrogen and oxygen atoms in total. The normalized spacial score (nSPS) is 10.9. The van der Waals surface area contributed by atoms with Gasteiger partial charge in [0.05, 0.1) is 6.20 Å². The molecule has 2 rings (SSSR count). The van der Waals surface area contributed by atoms with Crippen LogP contribution in [0.2, 0.25) is 0 Å². The van der Waals surface area contributed by atoms with Crippen LogP contribution in [0.15, 0.2) is 36.7 Å². The lowest BCUT2D eigenvalue weighted by molar-refractivity contribution is -0.116. The lowest BCUT2D eigenvalue weighted by atomic mass is 10.1. The first-order valence-corrected chi connectivity index (χ1v) is 7.04. The van der Waals surface area contributed by atoms with Gasteiger partial charge in [-0.3, -0.25) is 9.48 Å². The highest BCUT2D eigenvalue weighted by Gasteiger charge is 2.05. The molecule has 0 saturated heterocycles. The van der Waals surface area contributed by atoms with E-state index in [0.29, 0.717) is 12.8 Å². The summed E-state index contributed by atoms with van der Waals surface area (Å²) in [6.45, 7) is 0.861. The van der Waals surface area contributed by atoms with Crippen molar-refractivity contribution in [3.63, 3.8) is 0 Å². The maximum atomic E-state index is 12.0. The van der Waals surface area contributed by atoms with Crippen molar-refractivity contribution in [3.8, 4) is 0 Å². The number of carbonyl (C=O) groups excluding carboxylic acids is 1. The zero-order valence-electron chi connectivity index (χ0n) is 12.8. The van der Waals surface area contributed by atoms with Crippen LogP contribution < -0.4 is 5.32 Å². The van der Waals surface area contributed by atoms with E-state index < -0.39 is 0 Å². The van der Waals surface area contributed by atoms with Crippen LogP contribution >= 0.6 is 0 Å². The molecule has 0 aliphatic carbocycles. The van der Waals surface area contributed by atoms with Gasteiger partial charge >= 0.3 is 0 Å². The largest absolute Gasteiger partial charge is 0.326 e. The van der Waals surface area contributed by atoms with Crippen molar-refractivity contribution in [3.05, 3.63) is 47.8 Å². The maximum absolute atomic E-state index is 12.0. The van der Waals surface area contributed by atoms with Crippen LogP contribution in [-0.2, 0) is 24.8 Å². The number of aromatic nitrogens is 2. The number of rotatable bonds is 6. The minimum Gasteiger partial charge on any atom is -0.326 e. The molecular weight excluding hydrogens is 264 g/mol. The summed E-state index contributed by atoms with van der Waals surface area (Å²) in [4.78, 5) is 14.1. The summed E-state index contributed by atoms with van der Waals surface area (Å²) in [5.41, 5.74) is 3.12. The predicted molar refractivity (Wildman–Crippen MR) is 84.0 cm³/mol. The highest BCUT2D eigenvalue weighted by atomic mass is 16.1. The molecule has 0 saturated carbocycles. The van der Waals surface area contributed by atoms with Gasteiger partial charge in [0.1, 0.15) is 0 Å². The van der Waals surface area contributed by atoms with Gasteiger partial charge in [-0.2, -0.15) is 5.10 Å². The van der Waals surface area contributed by atoms with E-state index >= 15 is 0 Å². The second-order valence-corrected chi connectivity index (χ2v) is 5.51. The first-order chi connectivity index (χ1) is 10.0. The predicted octanol–water partition coefficient (Wildman–Crippen LogP) is 2.05. The molecule has 21 heavy (non-hydrogen) atoms. The molecule has 0 bridgehead atoms. The van der Waals surface area contributed by atoms with Gasteiger partial charge in [0.2, 0.25) is 5.91 Å². The van der Waals surface area contributed by atoms with Gasteiger partial charge in [0, 0.05) is 31.9 Å². The van der Waals surface area contributed by atoms with E-state index in [-0.39, 0.29) is 5.91 Å². The standard InChI is InChI=1S/C16H22N4O/c1-19(2)11-13-5-4-6-15(9-13)18-16(21)8-7-14-10-17-20(3)12-14/h4-6,9-10,12H,7-8,11H2,1-3H3,(H,18,21). The Kier molecular flexibility index (Phi) is 5.11. The Morgan fingerprint density at radius 1 is 1.33 bits per heavy atom. The summed E-state index contributed by atoms with van der Waals surface area (Å²) in [5.74, 6) is 0.0286. The fourth-order valence-electron chi connectivity index (χ4n) is 2.19. The number of carbonyl (C=O) groups is 1. The van der Waals surface area contributed by atoms with Crippen molar-refractivity contribution < 1.29 is 4.79 Å². The van der Waals surface area contributed by atoms with Crippen molar-refractivity contribution in [2.75, 3.05) is 19.4 Å². The van der Waals surface area contributed by atoms with Gasteiger partial charge < -0.3 is 10.2 Å². The topological polar surface area (TPSA) is 50.2 Å². The third-order valence-corrected chi connectivity index (χ3v) is 3.11. The summed E-state index contributed by atoms with van der Waals surface area (Å²) in [5, 5.41) is 7.05. The van der Waals surface area contributed by atoms with Crippen LogP contribution in [-0.4, -0.2) is 34.7 Å². The third-order valence-electron chi connectivity index (χ3n) is 3.11. The van der Waals surface area contributed by atoms with Crippen LogP contribution in [0.4, 0.5) is 5.69 Å². The van der Waals surface area contributed by atoms with E-state index in [2.05, 4.69) is 21.4 Å². The minimum absolute atomic E-state index is 0.0286. The molecule has 0 radical (unpaired) electrons. The molecule has 2 aromatic rings. The average Bonchev–Trinajstić information content (AvgIpc) is 2.82. The summed E-state index contributed by atoms with van der Waals surface area (Å²) in [7, 11) is 5.93. The number of nitrogens with zero attached hydrogens (tertiary/aromatic N) is 3. The maximum Gasteiger partial charge on any atom is 0.224 e. The van der Waals surface area contributed by atoms with Gasteiger partial charge in [-0.15, -0.1) is 0 Å². The smallest absolute Gasteiger partial charge is 0.224 e. The monoisotopic (exact) mass is 286 g/mol.